The van der Waals surface area contributed by atoms with Crippen LogP contribution in [0.2, 0.25) is 0 Å². The summed E-state index contributed by atoms with van der Waals surface area (Å²) in [5.74, 6) is -0.239. The molecule has 18 heavy (non-hydrogen) atoms. The highest BCUT2D eigenvalue weighted by Gasteiger charge is 2.57. The minimum Gasteiger partial charge on any atom is -0.312 e. The Morgan fingerprint density at radius 1 is 1.44 bits per heavy atom. The van der Waals surface area contributed by atoms with Gasteiger partial charge in [-0.3, -0.25) is 4.79 Å². The molecule has 0 radical (unpaired) electrons. The van der Waals surface area contributed by atoms with E-state index in [1.165, 1.54) is 0 Å². The Morgan fingerprint density at radius 3 is 2.56 bits per heavy atom. The maximum absolute atomic E-state index is 12.4. The molecule has 0 aliphatic heterocycles. The lowest BCUT2D eigenvalue weighted by Gasteiger charge is -2.23. The summed E-state index contributed by atoms with van der Waals surface area (Å²) in [5.41, 5.74) is 3.19. The normalized spacial score (nSPS) is 20.6. The molecule has 0 heterocycles. The number of halogens is 2. The van der Waals surface area contributed by atoms with E-state index in [1.807, 2.05) is 39.0 Å². The number of carbonyl (C=O) groups is 1. The Labute approximate surface area is 118 Å². The summed E-state index contributed by atoms with van der Waals surface area (Å²) in [7, 11) is 0. The third-order valence-corrected chi connectivity index (χ3v) is 4.20. The van der Waals surface area contributed by atoms with Gasteiger partial charge >= 0.3 is 0 Å². The van der Waals surface area contributed by atoms with E-state index in [1.54, 1.807) is 4.90 Å². The number of aryl methyl sites for hydroxylation is 2. The molecule has 2 nitrogen and oxygen atoms in total. The fourth-order valence-electron chi connectivity index (χ4n) is 2.12. The predicted molar refractivity (Wildman–Crippen MR) is 76.5 cm³/mol. The van der Waals surface area contributed by atoms with Crippen molar-refractivity contribution in [2.45, 2.75) is 31.5 Å². The second-order valence-corrected chi connectivity index (χ2v) is 6.43. The SMILES string of the molecule is CCN(C(=O)C1CC1(Cl)Cl)c1cc(C)ccc1C. The molecule has 1 unspecified atom stereocenters. The van der Waals surface area contributed by atoms with Crippen molar-refractivity contribution in [3.63, 3.8) is 0 Å². The van der Waals surface area contributed by atoms with Crippen LogP contribution < -0.4 is 4.90 Å². The van der Waals surface area contributed by atoms with E-state index in [0.717, 1.165) is 16.8 Å². The third kappa shape index (κ3) is 2.50. The van der Waals surface area contributed by atoms with Gasteiger partial charge in [0.05, 0.1) is 5.92 Å². The van der Waals surface area contributed by atoms with E-state index >= 15 is 0 Å². The molecule has 98 valence electrons. The van der Waals surface area contributed by atoms with Crippen LogP contribution in [0.5, 0.6) is 0 Å². The Morgan fingerprint density at radius 2 is 2.06 bits per heavy atom. The van der Waals surface area contributed by atoms with Gasteiger partial charge in [-0.1, -0.05) is 12.1 Å². The number of amides is 1. The number of anilines is 1. The second kappa shape index (κ2) is 4.75. The van der Waals surface area contributed by atoms with E-state index in [9.17, 15) is 4.79 Å². The second-order valence-electron chi connectivity index (χ2n) is 4.89. The van der Waals surface area contributed by atoms with Crippen LogP contribution in [-0.2, 0) is 4.79 Å². The number of benzene rings is 1. The molecule has 1 amide bonds. The zero-order valence-electron chi connectivity index (χ0n) is 10.8. The van der Waals surface area contributed by atoms with Crippen LogP contribution >= 0.6 is 23.2 Å². The van der Waals surface area contributed by atoms with Crippen LogP contribution in [-0.4, -0.2) is 16.8 Å². The summed E-state index contributed by atoms with van der Waals surface area (Å²) in [6.07, 6.45) is 0.552. The molecule has 0 bridgehead atoms. The Kier molecular flexibility index (Phi) is 3.61. The van der Waals surface area contributed by atoms with Gasteiger partial charge in [0.25, 0.3) is 0 Å². The maximum atomic E-state index is 12.4. The molecular formula is C14H17Cl2NO. The topological polar surface area (TPSA) is 20.3 Å². The molecule has 0 spiro atoms. The molecule has 0 saturated heterocycles. The monoisotopic (exact) mass is 285 g/mol. The first-order valence-electron chi connectivity index (χ1n) is 6.13. The fourth-order valence-corrected chi connectivity index (χ4v) is 2.62. The van der Waals surface area contributed by atoms with Crippen LogP contribution in [0.4, 0.5) is 5.69 Å². The number of rotatable bonds is 3. The van der Waals surface area contributed by atoms with Gasteiger partial charge in [-0.25, -0.2) is 0 Å². The first-order valence-corrected chi connectivity index (χ1v) is 6.89. The number of alkyl halides is 2. The van der Waals surface area contributed by atoms with Gasteiger partial charge in [0, 0.05) is 12.2 Å². The Hall–Kier alpha value is -0.730. The number of nitrogens with zero attached hydrogens (tertiary/aromatic N) is 1. The molecule has 1 saturated carbocycles. The maximum Gasteiger partial charge on any atom is 0.233 e. The van der Waals surface area contributed by atoms with Crippen LogP contribution in [0.15, 0.2) is 18.2 Å². The van der Waals surface area contributed by atoms with Crippen LogP contribution in [0.3, 0.4) is 0 Å². The molecule has 0 N–H and O–H groups in total. The largest absolute Gasteiger partial charge is 0.312 e. The highest BCUT2D eigenvalue weighted by Crippen LogP contribution is 2.54. The predicted octanol–water partition coefficient (Wildman–Crippen LogP) is 3.85. The summed E-state index contributed by atoms with van der Waals surface area (Å²) in [4.78, 5) is 14.2. The molecule has 2 rings (SSSR count). The average Bonchev–Trinajstić information content (AvgIpc) is 2.93. The minimum atomic E-state index is -0.859. The van der Waals surface area contributed by atoms with E-state index in [4.69, 9.17) is 23.2 Å². The molecule has 1 aliphatic carbocycles. The van der Waals surface area contributed by atoms with Crippen molar-refractivity contribution in [1.82, 2.24) is 0 Å². The van der Waals surface area contributed by atoms with E-state index in [-0.39, 0.29) is 11.8 Å². The van der Waals surface area contributed by atoms with Crippen molar-refractivity contribution in [3.05, 3.63) is 29.3 Å². The first kappa shape index (κ1) is 13.7. The van der Waals surface area contributed by atoms with Gasteiger partial charge in [-0.15, -0.1) is 23.2 Å². The fraction of sp³-hybridized carbons (Fsp3) is 0.500. The van der Waals surface area contributed by atoms with Crippen molar-refractivity contribution in [1.29, 1.82) is 0 Å². The summed E-state index contributed by atoms with van der Waals surface area (Å²) in [6.45, 7) is 6.62. The summed E-state index contributed by atoms with van der Waals surface area (Å²) < 4.78 is -0.859. The zero-order chi connectivity index (χ0) is 13.5. The van der Waals surface area contributed by atoms with Gasteiger partial charge < -0.3 is 4.90 Å². The molecule has 1 fully saturated rings. The highest BCUT2D eigenvalue weighted by atomic mass is 35.5. The lowest BCUT2D eigenvalue weighted by atomic mass is 10.1. The van der Waals surface area contributed by atoms with Crippen LogP contribution in [0.25, 0.3) is 0 Å². The van der Waals surface area contributed by atoms with Crippen LogP contribution in [0, 0.1) is 19.8 Å². The van der Waals surface area contributed by atoms with E-state index in [2.05, 4.69) is 0 Å². The van der Waals surface area contributed by atoms with Gasteiger partial charge in [-0.2, -0.15) is 0 Å². The third-order valence-electron chi connectivity index (χ3n) is 3.36. The molecule has 1 aromatic carbocycles. The van der Waals surface area contributed by atoms with Crippen molar-refractivity contribution < 1.29 is 4.79 Å². The van der Waals surface area contributed by atoms with Crippen molar-refractivity contribution in [3.8, 4) is 0 Å². The Bertz CT molecular complexity index is 485. The molecule has 1 aromatic rings. The molecule has 1 atom stereocenters. The van der Waals surface area contributed by atoms with Gasteiger partial charge in [0.1, 0.15) is 4.33 Å². The summed E-state index contributed by atoms with van der Waals surface area (Å²) >= 11 is 12.0. The number of carbonyl (C=O) groups excluding carboxylic acids is 1. The Balaban J connectivity index is 2.28. The minimum absolute atomic E-state index is 0.0243. The van der Waals surface area contributed by atoms with E-state index in [0.29, 0.717) is 13.0 Å². The number of hydrogen-bond acceptors (Lipinski definition) is 1. The van der Waals surface area contributed by atoms with Crippen molar-refractivity contribution in [2.24, 2.45) is 5.92 Å². The zero-order valence-corrected chi connectivity index (χ0v) is 12.3. The standard InChI is InChI=1S/C14H17Cl2NO/c1-4-17(13(18)11-8-14(11,15)16)12-7-9(2)5-6-10(12)3/h5-7,11H,4,8H2,1-3H3. The molecule has 4 heteroatoms. The van der Waals surface area contributed by atoms with Crippen LogP contribution in [0.1, 0.15) is 24.5 Å². The van der Waals surface area contributed by atoms with Gasteiger partial charge in [0.15, 0.2) is 0 Å². The lowest BCUT2D eigenvalue weighted by molar-refractivity contribution is -0.119. The van der Waals surface area contributed by atoms with Crippen molar-refractivity contribution >= 4 is 34.8 Å². The van der Waals surface area contributed by atoms with Gasteiger partial charge in [-0.05, 0) is 44.4 Å². The first-order chi connectivity index (χ1) is 8.36. The lowest BCUT2D eigenvalue weighted by Crippen LogP contribution is -2.33. The smallest absolute Gasteiger partial charge is 0.233 e. The number of hydrogen-bond donors (Lipinski definition) is 0. The van der Waals surface area contributed by atoms with Crippen molar-refractivity contribution in [2.75, 3.05) is 11.4 Å². The summed E-state index contributed by atoms with van der Waals surface area (Å²) in [6, 6.07) is 6.10. The molecule has 0 aromatic heterocycles. The van der Waals surface area contributed by atoms with Gasteiger partial charge in [0.2, 0.25) is 5.91 Å². The average molecular weight is 286 g/mol. The van der Waals surface area contributed by atoms with E-state index < -0.39 is 4.33 Å². The quantitative estimate of drug-likeness (QED) is 0.773. The molecule has 1 aliphatic rings. The summed E-state index contributed by atoms with van der Waals surface area (Å²) in [5, 5.41) is 0. The highest BCUT2D eigenvalue weighted by molar-refractivity contribution is 6.52. The molecular weight excluding hydrogens is 269 g/mol.